The Hall–Kier alpha value is -1.63. The molecule has 1 heterocycles. The van der Waals surface area contributed by atoms with Crippen LogP contribution in [0.2, 0.25) is 0 Å². The Labute approximate surface area is 100 Å². The molecule has 96 valence electrons. The molecule has 0 amide bonds. The van der Waals surface area contributed by atoms with Gasteiger partial charge in [0.2, 0.25) is 5.82 Å². The Morgan fingerprint density at radius 1 is 1.65 bits per heavy atom. The molecule has 0 spiro atoms. The van der Waals surface area contributed by atoms with Crippen LogP contribution in [-0.4, -0.2) is 27.3 Å². The smallest absolute Gasteiger partial charge is 0.333 e. The molecule has 7 nitrogen and oxygen atoms in total. The lowest BCUT2D eigenvalue weighted by Gasteiger charge is -2.16. The number of nitrogens with one attached hydrogen (secondary N) is 1. The largest absolute Gasteiger partial charge is 0.361 e. The van der Waals surface area contributed by atoms with Crippen molar-refractivity contribution in [1.82, 2.24) is 9.78 Å². The van der Waals surface area contributed by atoms with Crippen LogP contribution in [-0.2, 0) is 7.05 Å². The summed E-state index contributed by atoms with van der Waals surface area (Å²) in [6, 6.07) is 0.0356. The minimum absolute atomic E-state index is 0.0297. The van der Waals surface area contributed by atoms with Crippen LogP contribution >= 0.6 is 0 Å². The summed E-state index contributed by atoms with van der Waals surface area (Å²) in [4.78, 5) is 10.6. The fraction of sp³-hybridized carbons (Fsp3) is 0.700. The van der Waals surface area contributed by atoms with Crippen molar-refractivity contribution in [2.24, 2.45) is 12.8 Å². The number of aromatic nitrogens is 2. The van der Waals surface area contributed by atoms with Crippen LogP contribution in [0.4, 0.5) is 11.5 Å². The summed E-state index contributed by atoms with van der Waals surface area (Å²) in [5.41, 5.74) is 6.07. The molecule has 0 bridgehead atoms. The number of nitrogens with zero attached hydrogens (tertiary/aromatic N) is 3. The van der Waals surface area contributed by atoms with Crippen LogP contribution in [0.5, 0.6) is 0 Å². The van der Waals surface area contributed by atoms with E-state index < -0.39 is 4.92 Å². The van der Waals surface area contributed by atoms with Crippen LogP contribution in [0, 0.1) is 17.0 Å². The van der Waals surface area contributed by atoms with E-state index in [1.54, 1.807) is 14.0 Å². The summed E-state index contributed by atoms with van der Waals surface area (Å²) in [5, 5.41) is 18.1. The average molecular weight is 241 g/mol. The molecule has 7 heteroatoms. The van der Waals surface area contributed by atoms with E-state index in [4.69, 9.17) is 5.73 Å². The number of hydrogen-bond acceptors (Lipinski definition) is 5. The van der Waals surface area contributed by atoms with Crippen molar-refractivity contribution < 1.29 is 4.92 Å². The lowest BCUT2D eigenvalue weighted by atomic mass is 10.1. The van der Waals surface area contributed by atoms with Gasteiger partial charge in [-0.15, -0.1) is 0 Å². The summed E-state index contributed by atoms with van der Waals surface area (Å²) in [6.07, 6.45) is 1.84. The molecule has 1 aromatic rings. The average Bonchev–Trinajstić information content (AvgIpc) is 2.53. The first-order valence-electron chi connectivity index (χ1n) is 5.65. The Kier molecular flexibility index (Phi) is 4.45. The van der Waals surface area contributed by atoms with Gasteiger partial charge in [-0.05, 0) is 13.3 Å². The first kappa shape index (κ1) is 13.4. The van der Waals surface area contributed by atoms with Crippen molar-refractivity contribution in [1.29, 1.82) is 0 Å². The van der Waals surface area contributed by atoms with Crippen molar-refractivity contribution in [3.05, 3.63) is 15.8 Å². The van der Waals surface area contributed by atoms with Gasteiger partial charge in [0.05, 0.1) is 4.92 Å². The minimum Gasteiger partial charge on any atom is -0.361 e. The van der Waals surface area contributed by atoms with E-state index in [1.165, 1.54) is 4.68 Å². The van der Waals surface area contributed by atoms with Gasteiger partial charge in [0, 0.05) is 19.6 Å². The molecule has 1 atom stereocenters. The first-order valence-corrected chi connectivity index (χ1v) is 5.65. The van der Waals surface area contributed by atoms with E-state index in [-0.39, 0.29) is 11.7 Å². The molecule has 3 N–H and O–H groups in total. The van der Waals surface area contributed by atoms with Gasteiger partial charge in [0.15, 0.2) is 0 Å². The summed E-state index contributed by atoms with van der Waals surface area (Å²) in [7, 11) is 1.68. The molecule has 17 heavy (non-hydrogen) atoms. The molecular weight excluding hydrogens is 222 g/mol. The topological polar surface area (TPSA) is 99.0 Å². The molecule has 0 saturated carbocycles. The molecule has 0 aromatic carbocycles. The van der Waals surface area contributed by atoms with E-state index in [0.717, 1.165) is 12.8 Å². The van der Waals surface area contributed by atoms with E-state index >= 15 is 0 Å². The predicted molar refractivity (Wildman–Crippen MR) is 66.0 cm³/mol. The molecule has 0 aliphatic rings. The highest BCUT2D eigenvalue weighted by atomic mass is 16.6. The standard InChI is InChI=1S/C10H19N5O2/c1-4-5-8(6-11)12-10-9(15(16)17)7(2)13-14(10)3/h8,12H,4-6,11H2,1-3H3. The fourth-order valence-corrected chi connectivity index (χ4v) is 1.82. The second-order valence-electron chi connectivity index (χ2n) is 4.03. The van der Waals surface area contributed by atoms with Crippen molar-refractivity contribution in [3.8, 4) is 0 Å². The Morgan fingerprint density at radius 3 is 2.76 bits per heavy atom. The molecule has 0 aliphatic heterocycles. The molecule has 1 aromatic heterocycles. The zero-order chi connectivity index (χ0) is 13.0. The third-order valence-electron chi connectivity index (χ3n) is 2.64. The van der Waals surface area contributed by atoms with Crippen LogP contribution < -0.4 is 11.1 Å². The lowest BCUT2D eigenvalue weighted by molar-refractivity contribution is -0.384. The number of aryl methyl sites for hydroxylation is 2. The Morgan fingerprint density at radius 2 is 2.29 bits per heavy atom. The van der Waals surface area contributed by atoms with E-state index in [2.05, 4.69) is 10.4 Å². The second-order valence-corrected chi connectivity index (χ2v) is 4.03. The number of nitrogens with two attached hydrogens (primary N) is 1. The summed E-state index contributed by atoms with van der Waals surface area (Å²) < 4.78 is 1.49. The van der Waals surface area contributed by atoms with E-state index in [1.807, 2.05) is 6.92 Å². The quantitative estimate of drug-likeness (QED) is 0.575. The zero-order valence-corrected chi connectivity index (χ0v) is 10.4. The molecule has 0 saturated heterocycles. The lowest BCUT2D eigenvalue weighted by Crippen LogP contribution is -2.29. The number of hydrogen-bond donors (Lipinski definition) is 2. The maximum absolute atomic E-state index is 11.0. The van der Waals surface area contributed by atoms with Gasteiger partial charge in [-0.1, -0.05) is 13.3 Å². The van der Waals surface area contributed by atoms with Crippen molar-refractivity contribution >= 4 is 11.5 Å². The fourth-order valence-electron chi connectivity index (χ4n) is 1.82. The van der Waals surface area contributed by atoms with Crippen LogP contribution in [0.1, 0.15) is 25.5 Å². The zero-order valence-electron chi connectivity index (χ0n) is 10.4. The van der Waals surface area contributed by atoms with Crippen molar-refractivity contribution in [3.63, 3.8) is 0 Å². The van der Waals surface area contributed by atoms with Gasteiger partial charge in [-0.25, -0.2) is 4.68 Å². The highest BCUT2D eigenvalue weighted by Crippen LogP contribution is 2.28. The molecule has 0 radical (unpaired) electrons. The van der Waals surface area contributed by atoms with Gasteiger partial charge < -0.3 is 11.1 Å². The minimum atomic E-state index is -0.413. The molecule has 0 fully saturated rings. The van der Waals surface area contributed by atoms with Gasteiger partial charge >= 0.3 is 5.69 Å². The van der Waals surface area contributed by atoms with E-state index in [9.17, 15) is 10.1 Å². The van der Waals surface area contributed by atoms with Crippen LogP contribution in [0.3, 0.4) is 0 Å². The third-order valence-corrected chi connectivity index (χ3v) is 2.64. The van der Waals surface area contributed by atoms with Crippen LogP contribution in [0.25, 0.3) is 0 Å². The maximum atomic E-state index is 11.0. The highest BCUT2D eigenvalue weighted by molar-refractivity contribution is 5.59. The molecule has 1 unspecified atom stereocenters. The second kappa shape index (κ2) is 5.62. The highest BCUT2D eigenvalue weighted by Gasteiger charge is 2.25. The van der Waals surface area contributed by atoms with Crippen molar-refractivity contribution in [2.45, 2.75) is 32.7 Å². The first-order chi connectivity index (χ1) is 8.01. The third kappa shape index (κ3) is 2.94. The molecule has 1 rings (SSSR count). The van der Waals surface area contributed by atoms with Gasteiger partial charge in [-0.2, -0.15) is 5.10 Å². The summed E-state index contributed by atoms with van der Waals surface area (Å²) in [5.74, 6) is 0.427. The van der Waals surface area contributed by atoms with Gasteiger partial charge in [-0.3, -0.25) is 10.1 Å². The molecule has 0 aliphatic carbocycles. The maximum Gasteiger partial charge on any atom is 0.333 e. The van der Waals surface area contributed by atoms with Crippen LogP contribution in [0.15, 0.2) is 0 Å². The van der Waals surface area contributed by atoms with E-state index in [0.29, 0.717) is 18.1 Å². The number of nitro groups is 1. The number of rotatable bonds is 6. The monoisotopic (exact) mass is 241 g/mol. The SMILES string of the molecule is CCCC(CN)Nc1c([N+](=O)[O-])c(C)nn1C. The van der Waals surface area contributed by atoms with Gasteiger partial charge in [0.1, 0.15) is 5.69 Å². The normalized spacial score (nSPS) is 12.5. The summed E-state index contributed by atoms with van der Waals surface area (Å²) in [6.45, 7) is 4.11. The van der Waals surface area contributed by atoms with Gasteiger partial charge in [0.25, 0.3) is 0 Å². The van der Waals surface area contributed by atoms with Crippen molar-refractivity contribution in [2.75, 3.05) is 11.9 Å². The Balaban J connectivity index is 3.00. The number of anilines is 1. The summed E-state index contributed by atoms with van der Waals surface area (Å²) >= 11 is 0. The predicted octanol–water partition coefficient (Wildman–Crippen LogP) is 1.18. The molecular formula is C10H19N5O2. The Bertz CT molecular complexity index is 402.